The molecule has 3 rings (SSSR count). The van der Waals surface area contributed by atoms with Gasteiger partial charge < -0.3 is 14.8 Å². The highest BCUT2D eigenvalue weighted by molar-refractivity contribution is 5.93. The van der Waals surface area contributed by atoms with Gasteiger partial charge in [-0.15, -0.1) is 0 Å². The number of carbonyl (C=O) groups excluding carboxylic acids is 1. The number of rotatable bonds is 8. The number of hydrogen-bond donors (Lipinski definition) is 2. The first-order chi connectivity index (χ1) is 14.5. The van der Waals surface area contributed by atoms with Crippen molar-refractivity contribution in [3.05, 3.63) is 89.2 Å². The summed E-state index contributed by atoms with van der Waals surface area (Å²) < 4.78 is 23.9. The summed E-state index contributed by atoms with van der Waals surface area (Å²) in [5, 5.41) is 6.15. The third-order valence-electron chi connectivity index (χ3n) is 4.75. The van der Waals surface area contributed by atoms with Crippen LogP contribution in [-0.2, 0) is 4.79 Å². The highest BCUT2D eigenvalue weighted by Crippen LogP contribution is 2.26. The van der Waals surface area contributed by atoms with E-state index in [1.54, 1.807) is 26.4 Å². The molecule has 0 saturated carbocycles. The van der Waals surface area contributed by atoms with Gasteiger partial charge in [0.2, 0.25) is 5.91 Å². The van der Waals surface area contributed by atoms with Crippen molar-refractivity contribution in [1.82, 2.24) is 5.32 Å². The minimum Gasteiger partial charge on any atom is -0.497 e. The summed E-state index contributed by atoms with van der Waals surface area (Å²) in [6, 6.07) is 19.1. The average Bonchev–Trinajstić information content (AvgIpc) is 2.75. The maximum absolute atomic E-state index is 13.4. The predicted molar refractivity (Wildman–Crippen MR) is 116 cm³/mol. The van der Waals surface area contributed by atoms with Gasteiger partial charge in [-0.2, -0.15) is 0 Å². The minimum absolute atomic E-state index is 0.0607. The first kappa shape index (κ1) is 21.3. The number of amides is 1. The highest BCUT2D eigenvalue weighted by Gasteiger charge is 2.16. The SMILES string of the molecule is COc1ccc(C(NCC(=O)Nc2cc(C)ccc2OC)c2ccc(F)cc2)cc1. The number of halogens is 1. The van der Waals surface area contributed by atoms with Gasteiger partial charge in [0.25, 0.3) is 0 Å². The average molecular weight is 408 g/mol. The number of aryl methyl sites for hydroxylation is 1. The van der Waals surface area contributed by atoms with E-state index in [9.17, 15) is 9.18 Å². The monoisotopic (exact) mass is 408 g/mol. The van der Waals surface area contributed by atoms with Crippen LogP contribution >= 0.6 is 0 Å². The molecule has 3 aromatic carbocycles. The van der Waals surface area contributed by atoms with Gasteiger partial charge in [-0.1, -0.05) is 30.3 Å². The van der Waals surface area contributed by atoms with E-state index in [0.717, 1.165) is 22.4 Å². The lowest BCUT2D eigenvalue weighted by molar-refractivity contribution is -0.115. The van der Waals surface area contributed by atoms with Crippen LogP contribution in [0.25, 0.3) is 0 Å². The molecular formula is C24H25FN2O3. The molecule has 0 spiro atoms. The molecule has 0 radical (unpaired) electrons. The fourth-order valence-corrected chi connectivity index (χ4v) is 3.19. The molecule has 0 aliphatic carbocycles. The van der Waals surface area contributed by atoms with Crippen LogP contribution in [0, 0.1) is 12.7 Å². The summed E-state index contributed by atoms with van der Waals surface area (Å²) in [5.41, 5.74) is 3.42. The molecule has 5 nitrogen and oxygen atoms in total. The smallest absolute Gasteiger partial charge is 0.238 e. The molecule has 1 unspecified atom stereocenters. The lowest BCUT2D eigenvalue weighted by Crippen LogP contribution is -2.32. The maximum Gasteiger partial charge on any atom is 0.238 e. The fourth-order valence-electron chi connectivity index (χ4n) is 3.19. The first-order valence-electron chi connectivity index (χ1n) is 9.57. The van der Waals surface area contributed by atoms with Crippen LogP contribution in [0.15, 0.2) is 66.7 Å². The molecule has 1 atom stereocenters. The third kappa shape index (κ3) is 5.36. The van der Waals surface area contributed by atoms with E-state index in [0.29, 0.717) is 11.4 Å². The standard InChI is InChI=1S/C24H25FN2O3/c1-16-4-13-22(30-3)21(14-16)27-23(28)15-26-24(17-5-9-19(25)10-6-17)18-7-11-20(29-2)12-8-18/h4-14,24,26H,15H2,1-3H3,(H,27,28). The van der Waals surface area contributed by atoms with Gasteiger partial charge in [0.05, 0.1) is 32.5 Å². The van der Waals surface area contributed by atoms with E-state index in [1.807, 2.05) is 49.4 Å². The van der Waals surface area contributed by atoms with Gasteiger partial charge in [0.15, 0.2) is 0 Å². The Balaban J connectivity index is 1.77. The van der Waals surface area contributed by atoms with Crippen LogP contribution in [0.4, 0.5) is 10.1 Å². The molecule has 30 heavy (non-hydrogen) atoms. The Labute approximate surface area is 175 Å². The number of hydrogen-bond acceptors (Lipinski definition) is 4. The highest BCUT2D eigenvalue weighted by atomic mass is 19.1. The minimum atomic E-state index is -0.309. The summed E-state index contributed by atoms with van der Waals surface area (Å²) in [5.74, 6) is 0.816. The molecule has 0 heterocycles. The largest absolute Gasteiger partial charge is 0.497 e. The molecule has 1 amide bonds. The van der Waals surface area contributed by atoms with Crippen LogP contribution in [0.5, 0.6) is 11.5 Å². The second kappa shape index (κ2) is 9.89. The summed E-state index contributed by atoms with van der Waals surface area (Å²) in [7, 11) is 3.17. The maximum atomic E-state index is 13.4. The number of benzene rings is 3. The Bertz CT molecular complexity index is 988. The van der Waals surface area contributed by atoms with Crippen molar-refractivity contribution in [2.75, 3.05) is 26.1 Å². The van der Waals surface area contributed by atoms with Crippen molar-refractivity contribution in [3.8, 4) is 11.5 Å². The molecule has 156 valence electrons. The molecular weight excluding hydrogens is 383 g/mol. The van der Waals surface area contributed by atoms with Crippen molar-refractivity contribution in [2.24, 2.45) is 0 Å². The summed E-state index contributed by atoms with van der Waals surface area (Å²) in [6.45, 7) is 2.01. The Morgan fingerprint density at radius 3 is 2.17 bits per heavy atom. The first-order valence-corrected chi connectivity index (χ1v) is 9.57. The number of nitrogens with one attached hydrogen (secondary N) is 2. The predicted octanol–water partition coefficient (Wildman–Crippen LogP) is 4.47. The second-order valence-electron chi connectivity index (χ2n) is 6.89. The molecule has 3 aromatic rings. The zero-order valence-corrected chi connectivity index (χ0v) is 17.2. The van der Waals surface area contributed by atoms with Gasteiger partial charge in [-0.25, -0.2) is 4.39 Å². The van der Waals surface area contributed by atoms with Crippen LogP contribution in [0.2, 0.25) is 0 Å². The van der Waals surface area contributed by atoms with Crippen molar-refractivity contribution in [3.63, 3.8) is 0 Å². The molecule has 2 N–H and O–H groups in total. The fraction of sp³-hybridized carbons (Fsp3) is 0.208. The lowest BCUT2D eigenvalue weighted by Gasteiger charge is -2.20. The Morgan fingerprint density at radius 1 is 0.933 bits per heavy atom. The van der Waals surface area contributed by atoms with Gasteiger partial charge in [-0.05, 0) is 60.0 Å². The third-order valence-corrected chi connectivity index (χ3v) is 4.75. The Hall–Kier alpha value is -3.38. The summed E-state index contributed by atoms with van der Waals surface area (Å²) in [6.07, 6.45) is 0. The van der Waals surface area contributed by atoms with Crippen LogP contribution in [-0.4, -0.2) is 26.7 Å². The van der Waals surface area contributed by atoms with Gasteiger partial charge >= 0.3 is 0 Å². The van der Waals surface area contributed by atoms with Crippen LogP contribution < -0.4 is 20.1 Å². The second-order valence-corrected chi connectivity index (χ2v) is 6.89. The topological polar surface area (TPSA) is 59.6 Å². The van der Waals surface area contributed by atoms with E-state index < -0.39 is 0 Å². The molecule has 0 aromatic heterocycles. The number of methoxy groups -OCH3 is 2. The van der Waals surface area contributed by atoms with E-state index in [4.69, 9.17) is 9.47 Å². The van der Waals surface area contributed by atoms with E-state index >= 15 is 0 Å². The molecule has 6 heteroatoms. The van der Waals surface area contributed by atoms with Gasteiger partial charge in [0.1, 0.15) is 17.3 Å². The zero-order chi connectivity index (χ0) is 21.5. The molecule has 0 aliphatic rings. The van der Waals surface area contributed by atoms with Crippen molar-refractivity contribution < 1.29 is 18.7 Å². The number of ether oxygens (including phenoxy) is 2. The summed E-state index contributed by atoms with van der Waals surface area (Å²) >= 11 is 0. The molecule has 0 aliphatic heterocycles. The quantitative estimate of drug-likeness (QED) is 0.577. The lowest BCUT2D eigenvalue weighted by atomic mass is 9.98. The number of carbonyl (C=O) groups is 1. The molecule has 0 fully saturated rings. The van der Waals surface area contributed by atoms with Crippen LogP contribution in [0.1, 0.15) is 22.7 Å². The Kier molecular flexibility index (Phi) is 7.03. The zero-order valence-electron chi connectivity index (χ0n) is 17.2. The number of anilines is 1. The van der Waals surface area contributed by atoms with Crippen molar-refractivity contribution in [1.29, 1.82) is 0 Å². The summed E-state index contributed by atoms with van der Waals surface area (Å²) in [4.78, 5) is 12.6. The van der Waals surface area contributed by atoms with E-state index in [-0.39, 0.29) is 24.3 Å². The van der Waals surface area contributed by atoms with Crippen molar-refractivity contribution >= 4 is 11.6 Å². The van der Waals surface area contributed by atoms with Gasteiger partial charge in [0, 0.05) is 0 Å². The van der Waals surface area contributed by atoms with Gasteiger partial charge in [-0.3, -0.25) is 10.1 Å². The molecule has 0 bridgehead atoms. The normalized spacial score (nSPS) is 11.6. The van der Waals surface area contributed by atoms with E-state index in [2.05, 4.69) is 10.6 Å². The van der Waals surface area contributed by atoms with Crippen molar-refractivity contribution in [2.45, 2.75) is 13.0 Å². The van der Waals surface area contributed by atoms with E-state index in [1.165, 1.54) is 12.1 Å². The molecule has 0 saturated heterocycles. The van der Waals surface area contributed by atoms with Crippen LogP contribution in [0.3, 0.4) is 0 Å². The Morgan fingerprint density at radius 2 is 1.57 bits per heavy atom.